The first-order valence-electron chi connectivity index (χ1n) is 7.73. The first-order valence-corrected chi connectivity index (χ1v) is 8.48. The Labute approximate surface area is 160 Å². The van der Waals surface area contributed by atoms with Crippen LogP contribution in [0.3, 0.4) is 0 Å². The summed E-state index contributed by atoms with van der Waals surface area (Å²) in [6.45, 7) is 0.189. The first kappa shape index (κ1) is 20.0. The van der Waals surface area contributed by atoms with Crippen molar-refractivity contribution in [3.63, 3.8) is 0 Å². The number of rotatable bonds is 7. The van der Waals surface area contributed by atoms with Crippen molar-refractivity contribution in [3.8, 4) is 5.75 Å². The molecule has 0 bridgehead atoms. The van der Waals surface area contributed by atoms with Crippen LogP contribution >= 0.6 is 23.2 Å². The van der Waals surface area contributed by atoms with Gasteiger partial charge in [0.15, 0.2) is 11.6 Å². The lowest BCUT2D eigenvalue weighted by Gasteiger charge is -2.18. The Kier molecular flexibility index (Phi) is 7.24. The summed E-state index contributed by atoms with van der Waals surface area (Å²) in [7, 11) is 1.57. The van der Waals surface area contributed by atoms with Crippen LogP contribution in [0.1, 0.15) is 10.4 Å². The summed E-state index contributed by atoms with van der Waals surface area (Å²) >= 11 is 11.7. The average Bonchev–Trinajstić information content (AvgIpc) is 2.63. The minimum Gasteiger partial charge on any atom is -0.489 e. The van der Waals surface area contributed by atoms with Gasteiger partial charge in [0.1, 0.15) is 6.61 Å². The molecule has 0 aliphatic rings. The van der Waals surface area contributed by atoms with Gasteiger partial charge in [-0.25, -0.2) is 4.39 Å². The second kappa shape index (κ2) is 9.40. The molecular weight excluding hydrogens is 382 g/mol. The van der Waals surface area contributed by atoms with Crippen LogP contribution in [-0.4, -0.2) is 43.5 Å². The highest BCUT2D eigenvalue weighted by molar-refractivity contribution is 6.42. The Hall–Kier alpha value is -2.31. The second-order valence-electron chi connectivity index (χ2n) is 5.41. The molecule has 0 saturated carbocycles. The van der Waals surface area contributed by atoms with E-state index in [1.54, 1.807) is 19.2 Å². The van der Waals surface area contributed by atoms with Gasteiger partial charge < -0.3 is 15.0 Å². The second-order valence-corrected chi connectivity index (χ2v) is 6.22. The van der Waals surface area contributed by atoms with E-state index in [9.17, 15) is 14.0 Å². The van der Waals surface area contributed by atoms with Crippen molar-refractivity contribution in [2.75, 3.05) is 26.7 Å². The van der Waals surface area contributed by atoms with Gasteiger partial charge >= 0.3 is 0 Å². The maximum atomic E-state index is 13.4. The summed E-state index contributed by atoms with van der Waals surface area (Å²) in [6.07, 6.45) is 0. The molecule has 5 nitrogen and oxygen atoms in total. The number of carbonyl (C=O) groups excluding carboxylic acids is 2. The summed E-state index contributed by atoms with van der Waals surface area (Å²) in [5.74, 6) is -1.08. The number of halogens is 3. The van der Waals surface area contributed by atoms with Gasteiger partial charge in [-0.2, -0.15) is 0 Å². The van der Waals surface area contributed by atoms with Crippen LogP contribution in [0.4, 0.5) is 4.39 Å². The van der Waals surface area contributed by atoms with Crippen LogP contribution in [0.25, 0.3) is 0 Å². The maximum Gasteiger partial charge on any atom is 0.251 e. The molecule has 0 heterocycles. The van der Waals surface area contributed by atoms with Crippen molar-refractivity contribution in [1.29, 1.82) is 0 Å². The van der Waals surface area contributed by atoms with E-state index in [-0.39, 0.29) is 36.4 Å². The molecule has 138 valence electrons. The number of nitrogens with one attached hydrogen (secondary N) is 1. The molecule has 2 aromatic carbocycles. The molecule has 26 heavy (non-hydrogen) atoms. The van der Waals surface area contributed by atoms with Crippen molar-refractivity contribution >= 4 is 35.0 Å². The molecule has 2 rings (SSSR count). The third kappa shape index (κ3) is 5.61. The third-order valence-corrected chi connectivity index (χ3v) is 4.27. The summed E-state index contributed by atoms with van der Waals surface area (Å²) < 4.78 is 18.7. The molecule has 2 aromatic rings. The highest BCUT2D eigenvalue weighted by atomic mass is 35.5. The van der Waals surface area contributed by atoms with E-state index in [1.165, 1.54) is 35.2 Å². The van der Waals surface area contributed by atoms with Crippen molar-refractivity contribution < 1.29 is 18.7 Å². The molecule has 1 N–H and O–H groups in total. The number of hydrogen-bond acceptors (Lipinski definition) is 3. The topological polar surface area (TPSA) is 58.6 Å². The van der Waals surface area contributed by atoms with Gasteiger partial charge in [-0.3, -0.25) is 9.59 Å². The molecule has 0 aromatic heterocycles. The van der Waals surface area contributed by atoms with Crippen LogP contribution in [0.15, 0.2) is 42.5 Å². The normalized spacial score (nSPS) is 10.3. The van der Waals surface area contributed by atoms with E-state index in [0.717, 1.165) is 0 Å². The minimum atomic E-state index is -0.463. The van der Waals surface area contributed by atoms with Gasteiger partial charge in [-0.05, 0) is 30.3 Å². The molecule has 0 radical (unpaired) electrons. The lowest BCUT2D eigenvalue weighted by atomic mass is 10.2. The van der Waals surface area contributed by atoms with Crippen molar-refractivity contribution in [3.05, 3.63) is 63.9 Å². The molecule has 0 aliphatic carbocycles. The molecule has 0 unspecified atom stereocenters. The fraction of sp³-hybridized carbons (Fsp3) is 0.222. The molecular formula is C18H17Cl2FN2O3. The number of ether oxygens (including phenoxy) is 1. The Morgan fingerprint density at radius 1 is 1.15 bits per heavy atom. The molecule has 0 fully saturated rings. The minimum absolute atomic E-state index is 0.126. The molecule has 0 aliphatic heterocycles. The standard InChI is InChI=1S/C18H17Cl2FN2O3/c1-23(8-9-26-16-5-3-2-4-15(16)21)17(24)11-22-18(25)12-6-7-13(19)14(20)10-12/h2-7,10H,8-9,11H2,1H3,(H,22,25). The van der Waals surface area contributed by atoms with E-state index < -0.39 is 11.7 Å². The largest absolute Gasteiger partial charge is 0.489 e. The van der Waals surface area contributed by atoms with Crippen molar-refractivity contribution in [1.82, 2.24) is 10.2 Å². The van der Waals surface area contributed by atoms with E-state index in [2.05, 4.69) is 5.32 Å². The predicted octanol–water partition coefficient (Wildman–Crippen LogP) is 3.40. The van der Waals surface area contributed by atoms with Crippen LogP contribution in [0.5, 0.6) is 5.75 Å². The number of nitrogens with zero attached hydrogens (tertiary/aromatic N) is 1. The first-order chi connectivity index (χ1) is 12.4. The zero-order valence-corrected chi connectivity index (χ0v) is 15.5. The monoisotopic (exact) mass is 398 g/mol. The van der Waals surface area contributed by atoms with Crippen LogP contribution in [0, 0.1) is 5.82 Å². The molecule has 0 atom stereocenters. The van der Waals surface area contributed by atoms with Gasteiger partial charge in [-0.1, -0.05) is 35.3 Å². The SMILES string of the molecule is CN(CCOc1ccccc1F)C(=O)CNC(=O)c1ccc(Cl)c(Cl)c1. The average molecular weight is 399 g/mol. The number of hydrogen-bond donors (Lipinski definition) is 1. The van der Waals surface area contributed by atoms with E-state index in [4.69, 9.17) is 27.9 Å². The van der Waals surface area contributed by atoms with Crippen LogP contribution < -0.4 is 10.1 Å². The van der Waals surface area contributed by atoms with E-state index in [1.807, 2.05) is 0 Å². The highest BCUT2D eigenvalue weighted by Gasteiger charge is 2.13. The fourth-order valence-electron chi connectivity index (χ4n) is 2.01. The smallest absolute Gasteiger partial charge is 0.251 e. The summed E-state index contributed by atoms with van der Waals surface area (Å²) in [5, 5.41) is 3.11. The van der Waals surface area contributed by atoms with Crippen LogP contribution in [0.2, 0.25) is 10.0 Å². The van der Waals surface area contributed by atoms with E-state index >= 15 is 0 Å². The third-order valence-electron chi connectivity index (χ3n) is 3.53. The maximum absolute atomic E-state index is 13.4. The van der Waals surface area contributed by atoms with Crippen LogP contribution in [-0.2, 0) is 4.79 Å². The zero-order valence-electron chi connectivity index (χ0n) is 14.0. The number of para-hydroxylation sites is 1. The number of benzene rings is 2. The number of amides is 2. The van der Waals surface area contributed by atoms with Gasteiger partial charge in [0.25, 0.3) is 5.91 Å². The fourth-order valence-corrected chi connectivity index (χ4v) is 2.31. The summed E-state index contributed by atoms with van der Waals surface area (Å²) in [6, 6.07) is 10.5. The van der Waals surface area contributed by atoms with Crippen molar-refractivity contribution in [2.24, 2.45) is 0 Å². The van der Waals surface area contributed by atoms with Crippen molar-refractivity contribution in [2.45, 2.75) is 0 Å². The van der Waals surface area contributed by atoms with Gasteiger partial charge in [-0.15, -0.1) is 0 Å². The predicted molar refractivity (Wildman–Crippen MR) is 98.3 cm³/mol. The zero-order chi connectivity index (χ0) is 19.1. The molecule has 2 amide bonds. The number of likely N-dealkylation sites (N-methyl/N-ethyl adjacent to an activating group) is 1. The molecule has 8 heteroatoms. The lowest BCUT2D eigenvalue weighted by Crippen LogP contribution is -2.39. The highest BCUT2D eigenvalue weighted by Crippen LogP contribution is 2.22. The summed E-state index contributed by atoms with van der Waals surface area (Å²) in [4.78, 5) is 25.5. The Bertz CT molecular complexity index is 802. The molecule has 0 spiro atoms. The quantitative estimate of drug-likeness (QED) is 0.777. The van der Waals surface area contributed by atoms with Gasteiger partial charge in [0, 0.05) is 12.6 Å². The summed E-state index contributed by atoms with van der Waals surface area (Å²) in [5.41, 5.74) is 0.303. The Morgan fingerprint density at radius 3 is 2.58 bits per heavy atom. The van der Waals surface area contributed by atoms with Gasteiger partial charge in [0.05, 0.1) is 23.1 Å². The van der Waals surface area contributed by atoms with Gasteiger partial charge in [0.2, 0.25) is 5.91 Å². The van der Waals surface area contributed by atoms with E-state index in [0.29, 0.717) is 10.6 Å². The Morgan fingerprint density at radius 2 is 1.88 bits per heavy atom. The lowest BCUT2D eigenvalue weighted by molar-refractivity contribution is -0.129. The number of carbonyl (C=O) groups is 2. The molecule has 0 saturated heterocycles. The Balaban J connectivity index is 1.77.